The van der Waals surface area contributed by atoms with Crippen molar-refractivity contribution >= 4 is 15.9 Å². The van der Waals surface area contributed by atoms with Gasteiger partial charge in [0.15, 0.2) is 0 Å². The van der Waals surface area contributed by atoms with E-state index in [4.69, 9.17) is 4.74 Å². The van der Waals surface area contributed by atoms with E-state index in [2.05, 4.69) is 58.3 Å². The maximum absolute atomic E-state index is 6.10. The number of para-hydroxylation sites is 1. The highest BCUT2D eigenvalue weighted by atomic mass is 79.9. The molecule has 3 nitrogen and oxygen atoms in total. The smallest absolute Gasteiger partial charge is 0.137 e. The Labute approximate surface area is 137 Å². The van der Waals surface area contributed by atoms with Crippen molar-refractivity contribution < 1.29 is 4.74 Å². The SMILES string of the molecule is CCNCc1cccc(Br)c1OCCC1CCCCN1C. The Hall–Kier alpha value is -0.580. The molecule has 118 valence electrons. The van der Waals surface area contributed by atoms with Crippen molar-refractivity contribution in [3.8, 4) is 5.75 Å². The number of piperidine rings is 1. The molecule has 1 aromatic carbocycles. The molecule has 1 unspecified atom stereocenters. The van der Waals surface area contributed by atoms with Crippen molar-refractivity contribution in [2.24, 2.45) is 0 Å². The third-order valence-electron chi connectivity index (χ3n) is 4.23. The summed E-state index contributed by atoms with van der Waals surface area (Å²) in [5.74, 6) is 0.997. The predicted molar refractivity (Wildman–Crippen MR) is 91.9 cm³/mol. The fraction of sp³-hybridized carbons (Fsp3) is 0.647. The minimum absolute atomic E-state index is 0.679. The number of benzene rings is 1. The molecule has 0 bridgehead atoms. The third kappa shape index (κ3) is 4.97. The predicted octanol–water partition coefficient (Wildman–Crippen LogP) is 3.81. The molecule has 0 spiro atoms. The Morgan fingerprint density at radius 2 is 2.24 bits per heavy atom. The standard InChI is InChI=1S/C17H27BrN2O/c1-3-19-13-14-7-6-9-16(18)17(14)21-12-10-15-8-4-5-11-20(15)2/h6-7,9,15,19H,3-5,8,10-13H2,1-2H3. The minimum Gasteiger partial charge on any atom is -0.492 e. The monoisotopic (exact) mass is 354 g/mol. The zero-order valence-electron chi connectivity index (χ0n) is 13.2. The number of rotatable bonds is 7. The summed E-state index contributed by atoms with van der Waals surface area (Å²) >= 11 is 3.61. The van der Waals surface area contributed by atoms with Crippen LogP contribution in [0.5, 0.6) is 5.75 Å². The van der Waals surface area contributed by atoms with E-state index in [0.29, 0.717) is 6.04 Å². The van der Waals surface area contributed by atoms with E-state index in [1.165, 1.54) is 31.4 Å². The average Bonchev–Trinajstić information content (AvgIpc) is 2.49. The van der Waals surface area contributed by atoms with Gasteiger partial charge in [0.2, 0.25) is 0 Å². The van der Waals surface area contributed by atoms with Gasteiger partial charge in [-0.15, -0.1) is 0 Å². The van der Waals surface area contributed by atoms with Crippen LogP contribution in [0.15, 0.2) is 22.7 Å². The van der Waals surface area contributed by atoms with E-state index in [9.17, 15) is 0 Å². The van der Waals surface area contributed by atoms with Gasteiger partial charge in [-0.25, -0.2) is 0 Å². The van der Waals surface area contributed by atoms with Gasteiger partial charge < -0.3 is 15.0 Å². The van der Waals surface area contributed by atoms with Crippen LogP contribution in [0.2, 0.25) is 0 Å². The van der Waals surface area contributed by atoms with Crippen molar-refractivity contribution in [1.29, 1.82) is 0 Å². The molecule has 0 radical (unpaired) electrons. The molecule has 1 atom stereocenters. The summed E-state index contributed by atoms with van der Waals surface area (Å²) in [5, 5.41) is 3.37. The van der Waals surface area contributed by atoms with Gasteiger partial charge in [-0.2, -0.15) is 0 Å². The van der Waals surface area contributed by atoms with Gasteiger partial charge in [0.1, 0.15) is 5.75 Å². The van der Waals surface area contributed by atoms with Crippen molar-refractivity contribution in [2.75, 3.05) is 26.7 Å². The Morgan fingerprint density at radius 1 is 1.38 bits per heavy atom. The quantitative estimate of drug-likeness (QED) is 0.805. The molecule has 1 heterocycles. The number of likely N-dealkylation sites (tertiary alicyclic amines) is 1. The van der Waals surface area contributed by atoms with Crippen LogP contribution < -0.4 is 10.1 Å². The highest BCUT2D eigenvalue weighted by Crippen LogP contribution is 2.29. The highest BCUT2D eigenvalue weighted by Gasteiger charge is 2.19. The van der Waals surface area contributed by atoms with Gasteiger partial charge in [0.05, 0.1) is 11.1 Å². The van der Waals surface area contributed by atoms with Gasteiger partial charge in [-0.1, -0.05) is 25.5 Å². The second-order valence-corrected chi connectivity index (χ2v) is 6.63. The number of nitrogens with zero attached hydrogens (tertiary/aromatic N) is 1. The summed E-state index contributed by atoms with van der Waals surface area (Å²) in [5.41, 5.74) is 1.23. The first-order chi connectivity index (χ1) is 10.2. The lowest BCUT2D eigenvalue weighted by Gasteiger charge is -2.32. The molecular weight excluding hydrogens is 328 g/mol. The van der Waals surface area contributed by atoms with Crippen molar-refractivity contribution in [3.63, 3.8) is 0 Å². The maximum atomic E-state index is 6.10. The summed E-state index contributed by atoms with van der Waals surface area (Å²) in [7, 11) is 2.23. The van der Waals surface area contributed by atoms with Crippen LogP contribution in [-0.2, 0) is 6.54 Å². The molecule has 21 heavy (non-hydrogen) atoms. The van der Waals surface area contributed by atoms with E-state index in [0.717, 1.165) is 36.3 Å². The highest BCUT2D eigenvalue weighted by molar-refractivity contribution is 9.10. The van der Waals surface area contributed by atoms with Crippen LogP contribution in [0.3, 0.4) is 0 Å². The summed E-state index contributed by atoms with van der Waals surface area (Å²) in [6.45, 7) is 5.97. The average molecular weight is 355 g/mol. The maximum Gasteiger partial charge on any atom is 0.137 e. The fourth-order valence-electron chi connectivity index (χ4n) is 2.92. The molecule has 1 fully saturated rings. The first kappa shape index (κ1) is 16.8. The molecule has 0 amide bonds. The molecule has 2 rings (SSSR count). The van der Waals surface area contributed by atoms with Crippen LogP contribution in [0.1, 0.15) is 38.2 Å². The molecule has 1 N–H and O–H groups in total. The zero-order chi connectivity index (χ0) is 15.1. The largest absolute Gasteiger partial charge is 0.492 e. The van der Waals surface area contributed by atoms with Crippen LogP contribution in [0.4, 0.5) is 0 Å². The number of halogens is 1. The second kappa shape index (κ2) is 8.76. The summed E-state index contributed by atoms with van der Waals surface area (Å²) in [6, 6.07) is 6.93. The second-order valence-electron chi connectivity index (χ2n) is 5.78. The van der Waals surface area contributed by atoms with Crippen molar-refractivity contribution in [3.05, 3.63) is 28.2 Å². The molecule has 1 aromatic rings. The van der Waals surface area contributed by atoms with Gasteiger partial charge >= 0.3 is 0 Å². The molecular formula is C17H27BrN2O. The molecule has 0 aromatic heterocycles. The van der Waals surface area contributed by atoms with Crippen molar-refractivity contribution in [1.82, 2.24) is 10.2 Å². The number of hydrogen-bond acceptors (Lipinski definition) is 3. The van der Waals surface area contributed by atoms with E-state index in [1.807, 2.05) is 0 Å². The number of hydrogen-bond donors (Lipinski definition) is 1. The van der Waals surface area contributed by atoms with Crippen molar-refractivity contribution in [2.45, 2.75) is 45.2 Å². The van der Waals surface area contributed by atoms with E-state index >= 15 is 0 Å². The fourth-order valence-corrected chi connectivity index (χ4v) is 3.44. The molecule has 4 heteroatoms. The lowest BCUT2D eigenvalue weighted by Crippen LogP contribution is -2.37. The van der Waals surface area contributed by atoms with E-state index in [1.54, 1.807) is 0 Å². The minimum atomic E-state index is 0.679. The molecule has 1 aliphatic heterocycles. The molecule has 1 aliphatic rings. The van der Waals surface area contributed by atoms with Crippen LogP contribution in [-0.4, -0.2) is 37.7 Å². The summed E-state index contributed by atoms with van der Waals surface area (Å²) in [6.07, 6.45) is 5.11. The lowest BCUT2D eigenvalue weighted by molar-refractivity contribution is 0.152. The zero-order valence-corrected chi connectivity index (χ0v) is 14.8. The van der Waals surface area contributed by atoms with Gasteiger partial charge in [0.25, 0.3) is 0 Å². The Balaban J connectivity index is 1.89. The lowest BCUT2D eigenvalue weighted by atomic mass is 10.0. The summed E-state index contributed by atoms with van der Waals surface area (Å²) < 4.78 is 7.15. The normalized spacial score (nSPS) is 19.7. The Morgan fingerprint density at radius 3 is 3.00 bits per heavy atom. The first-order valence-electron chi connectivity index (χ1n) is 8.03. The molecule has 0 saturated carbocycles. The summed E-state index contributed by atoms with van der Waals surface area (Å²) in [4.78, 5) is 2.48. The topological polar surface area (TPSA) is 24.5 Å². The van der Waals surface area contributed by atoms with Crippen LogP contribution in [0.25, 0.3) is 0 Å². The Bertz CT molecular complexity index is 439. The van der Waals surface area contributed by atoms with Gasteiger partial charge in [0, 0.05) is 18.2 Å². The van der Waals surface area contributed by atoms with Crippen LogP contribution in [0, 0.1) is 0 Å². The first-order valence-corrected chi connectivity index (χ1v) is 8.82. The molecule has 1 saturated heterocycles. The third-order valence-corrected chi connectivity index (χ3v) is 4.86. The van der Waals surface area contributed by atoms with Crippen LogP contribution >= 0.6 is 15.9 Å². The molecule has 0 aliphatic carbocycles. The van der Waals surface area contributed by atoms with E-state index in [-0.39, 0.29) is 0 Å². The Kier molecular flexibility index (Phi) is 7.00. The van der Waals surface area contributed by atoms with E-state index < -0.39 is 0 Å². The number of nitrogens with one attached hydrogen (secondary N) is 1. The van der Waals surface area contributed by atoms with Gasteiger partial charge in [-0.3, -0.25) is 0 Å². The number of ether oxygens (including phenoxy) is 1. The van der Waals surface area contributed by atoms with Gasteiger partial charge in [-0.05, 0) is 61.4 Å².